The fraction of sp³-hybridized carbons (Fsp3) is 0.259. The van der Waals surface area contributed by atoms with E-state index < -0.39 is 8.07 Å². The van der Waals surface area contributed by atoms with Crippen LogP contribution in [0.5, 0.6) is 0 Å². The Labute approximate surface area is 215 Å². The number of hydrogen-bond acceptors (Lipinski definition) is 3. The lowest BCUT2D eigenvalue weighted by atomic mass is 9.93. The summed E-state index contributed by atoms with van der Waals surface area (Å²) in [5.74, 6) is -0.645. The van der Waals surface area contributed by atoms with Crippen molar-refractivity contribution in [3.05, 3.63) is 69.7 Å². The summed E-state index contributed by atoms with van der Waals surface area (Å²) in [6, 6.07) is 16.1. The molecule has 5 nitrogen and oxygen atoms in total. The first-order valence-corrected chi connectivity index (χ1v) is 16.0. The summed E-state index contributed by atoms with van der Waals surface area (Å²) in [5, 5.41) is 2.60. The van der Waals surface area contributed by atoms with E-state index in [1.807, 2.05) is 30.3 Å². The summed E-state index contributed by atoms with van der Waals surface area (Å²) in [6.45, 7) is 7.98. The molecule has 0 saturated heterocycles. The minimum Gasteiger partial charge on any atom is -0.361 e. The second-order valence-electron chi connectivity index (χ2n) is 10.2. The molecule has 8 heteroatoms. The summed E-state index contributed by atoms with van der Waals surface area (Å²) >= 11 is 12.6. The van der Waals surface area contributed by atoms with Crippen molar-refractivity contribution < 1.29 is 14.3 Å². The highest BCUT2D eigenvalue weighted by Gasteiger charge is 2.38. The van der Waals surface area contributed by atoms with Gasteiger partial charge in [-0.1, -0.05) is 61.0 Å². The van der Waals surface area contributed by atoms with E-state index in [1.54, 1.807) is 18.2 Å². The quantitative estimate of drug-likeness (QED) is 0.151. The molecular weight excluding hydrogens is 499 g/mol. The van der Waals surface area contributed by atoms with Crippen LogP contribution in [-0.2, 0) is 11.5 Å². The lowest BCUT2D eigenvalue weighted by Crippen LogP contribution is -2.24. The van der Waals surface area contributed by atoms with Gasteiger partial charge in [0, 0.05) is 42.5 Å². The van der Waals surface area contributed by atoms with Crippen LogP contribution in [0.25, 0.3) is 32.9 Å². The van der Waals surface area contributed by atoms with Gasteiger partial charge >= 0.3 is 0 Å². The van der Waals surface area contributed by atoms with E-state index in [0.717, 1.165) is 27.8 Å². The highest BCUT2D eigenvalue weighted by Crippen LogP contribution is 2.43. The third kappa shape index (κ3) is 4.19. The van der Waals surface area contributed by atoms with E-state index in [2.05, 4.69) is 24.2 Å². The lowest BCUT2D eigenvalue weighted by molar-refractivity contribution is 0.0694. The number of rotatable bonds is 6. The van der Waals surface area contributed by atoms with Gasteiger partial charge in [0.1, 0.15) is 6.73 Å². The largest absolute Gasteiger partial charge is 0.361 e. The number of hydrogen-bond donors (Lipinski definition) is 0. The Morgan fingerprint density at radius 2 is 1.54 bits per heavy atom. The molecule has 2 heterocycles. The first-order chi connectivity index (χ1) is 16.6. The van der Waals surface area contributed by atoms with Crippen LogP contribution in [-0.4, -0.2) is 43.0 Å². The SMILES string of the molecule is CN1C(=O)c2c(-c3cc(Cl)cc(Cl)c3)cc3c(c2C1=O)c1ccccc1n3COCC[Si](C)(C)C. The average molecular weight is 526 g/mol. The average Bonchev–Trinajstić information content (AvgIpc) is 3.22. The monoisotopic (exact) mass is 524 g/mol. The van der Waals surface area contributed by atoms with Gasteiger partial charge in [-0.25, -0.2) is 0 Å². The molecular formula is C27H26Cl2N2O3Si. The summed E-state index contributed by atoms with van der Waals surface area (Å²) in [4.78, 5) is 27.8. The summed E-state index contributed by atoms with van der Waals surface area (Å²) in [7, 11) is 0.282. The molecule has 5 rings (SSSR count). The van der Waals surface area contributed by atoms with Crippen LogP contribution in [0.4, 0.5) is 0 Å². The maximum atomic E-state index is 13.4. The Bertz CT molecular complexity index is 1500. The summed E-state index contributed by atoms with van der Waals surface area (Å²) in [6.07, 6.45) is 0. The third-order valence-electron chi connectivity index (χ3n) is 6.49. The van der Waals surface area contributed by atoms with E-state index in [9.17, 15) is 9.59 Å². The minimum absolute atomic E-state index is 0.312. The number of benzene rings is 3. The predicted molar refractivity (Wildman–Crippen MR) is 145 cm³/mol. The molecule has 180 valence electrons. The van der Waals surface area contributed by atoms with Crippen molar-refractivity contribution in [3.63, 3.8) is 0 Å². The number of carbonyl (C=O) groups is 2. The Morgan fingerprint density at radius 1 is 0.886 bits per heavy atom. The fourth-order valence-corrected chi connectivity index (χ4v) is 5.96. The molecule has 0 saturated carbocycles. The Balaban J connectivity index is 1.79. The number of ether oxygens (including phenoxy) is 1. The normalized spacial score (nSPS) is 13.9. The van der Waals surface area contributed by atoms with Gasteiger partial charge in [0.25, 0.3) is 11.8 Å². The molecule has 0 fully saturated rings. The molecule has 1 aromatic heterocycles. The molecule has 3 aromatic carbocycles. The molecule has 0 unspecified atom stereocenters. The second kappa shape index (κ2) is 8.78. The van der Waals surface area contributed by atoms with Crippen molar-refractivity contribution in [1.82, 2.24) is 9.47 Å². The van der Waals surface area contributed by atoms with Crippen molar-refractivity contribution in [2.45, 2.75) is 32.4 Å². The minimum atomic E-state index is -1.24. The zero-order valence-electron chi connectivity index (χ0n) is 20.1. The van der Waals surface area contributed by atoms with Gasteiger partial charge in [-0.15, -0.1) is 0 Å². The van der Waals surface area contributed by atoms with Crippen LogP contribution < -0.4 is 0 Å². The summed E-state index contributed by atoms with van der Waals surface area (Å²) in [5.41, 5.74) is 3.90. The topological polar surface area (TPSA) is 51.5 Å². The van der Waals surface area contributed by atoms with Crippen LogP contribution in [0.15, 0.2) is 48.5 Å². The van der Waals surface area contributed by atoms with Gasteiger partial charge in [-0.3, -0.25) is 14.5 Å². The van der Waals surface area contributed by atoms with Gasteiger partial charge < -0.3 is 9.30 Å². The van der Waals surface area contributed by atoms with Crippen LogP contribution in [0.1, 0.15) is 20.7 Å². The molecule has 2 amide bonds. The molecule has 1 aliphatic rings. The number of fused-ring (bicyclic) bond motifs is 5. The Hall–Kier alpha value is -2.64. The van der Waals surface area contributed by atoms with Crippen LogP contribution >= 0.6 is 23.2 Å². The molecule has 0 aliphatic carbocycles. The van der Waals surface area contributed by atoms with Gasteiger partial charge in [0.05, 0.1) is 22.2 Å². The number of carbonyl (C=O) groups excluding carboxylic acids is 2. The fourth-order valence-electron chi connectivity index (χ4n) is 4.68. The predicted octanol–water partition coefficient (Wildman–Crippen LogP) is 7.31. The Kier molecular flexibility index (Phi) is 6.04. The second-order valence-corrected chi connectivity index (χ2v) is 16.7. The molecule has 4 aromatic rings. The van der Waals surface area contributed by atoms with Gasteiger partial charge in [-0.05, 0) is 47.5 Å². The van der Waals surface area contributed by atoms with Crippen LogP contribution in [0, 0.1) is 0 Å². The van der Waals surface area contributed by atoms with Gasteiger partial charge in [0.15, 0.2) is 0 Å². The first kappa shape index (κ1) is 24.1. The standard InChI is InChI=1S/C27H26Cl2N2O3Si/c1-30-26(32)24-20(16-11-17(28)13-18(29)12-16)14-22-23(25(24)27(30)33)19-7-5-6-8-21(19)31(22)15-34-9-10-35(2,3)4/h5-8,11-14H,9-10,15H2,1-4H3. The van der Waals surface area contributed by atoms with E-state index in [-0.39, 0.29) is 11.8 Å². The number of imide groups is 1. The molecule has 1 aliphatic heterocycles. The number of nitrogens with zero attached hydrogens (tertiary/aromatic N) is 2. The molecule has 0 bridgehead atoms. The highest BCUT2D eigenvalue weighted by atomic mass is 35.5. The van der Waals surface area contributed by atoms with Crippen molar-refractivity contribution in [1.29, 1.82) is 0 Å². The third-order valence-corrected chi connectivity index (χ3v) is 8.63. The maximum absolute atomic E-state index is 13.4. The van der Waals surface area contributed by atoms with E-state index in [4.69, 9.17) is 27.9 Å². The molecule has 35 heavy (non-hydrogen) atoms. The van der Waals surface area contributed by atoms with Crippen molar-refractivity contribution >= 4 is 64.9 Å². The van der Waals surface area contributed by atoms with Crippen molar-refractivity contribution in [3.8, 4) is 11.1 Å². The number of aromatic nitrogens is 1. The van der Waals surface area contributed by atoms with Crippen molar-refractivity contribution in [2.24, 2.45) is 0 Å². The zero-order valence-corrected chi connectivity index (χ0v) is 22.6. The van der Waals surface area contributed by atoms with Crippen LogP contribution in [0.2, 0.25) is 35.7 Å². The van der Waals surface area contributed by atoms with E-state index >= 15 is 0 Å². The first-order valence-electron chi connectivity index (χ1n) is 11.5. The highest BCUT2D eigenvalue weighted by molar-refractivity contribution is 6.76. The molecule has 0 N–H and O–H groups in total. The zero-order chi connectivity index (χ0) is 25.1. The van der Waals surface area contributed by atoms with E-state index in [1.165, 1.54) is 11.9 Å². The molecule has 0 spiro atoms. The van der Waals surface area contributed by atoms with Gasteiger partial charge in [-0.2, -0.15) is 0 Å². The van der Waals surface area contributed by atoms with Gasteiger partial charge in [0.2, 0.25) is 0 Å². The molecule has 0 radical (unpaired) electrons. The lowest BCUT2D eigenvalue weighted by Gasteiger charge is -2.16. The number of amides is 2. The maximum Gasteiger partial charge on any atom is 0.262 e. The van der Waals surface area contributed by atoms with Crippen LogP contribution in [0.3, 0.4) is 0 Å². The van der Waals surface area contributed by atoms with Crippen molar-refractivity contribution in [2.75, 3.05) is 13.7 Å². The van der Waals surface area contributed by atoms with E-state index in [0.29, 0.717) is 45.6 Å². The Morgan fingerprint density at radius 3 is 2.23 bits per heavy atom. The number of halogens is 2. The molecule has 0 atom stereocenters. The number of para-hydroxylation sites is 1. The smallest absolute Gasteiger partial charge is 0.262 e. The summed E-state index contributed by atoms with van der Waals surface area (Å²) < 4.78 is 8.22.